The number of carbonyl (C=O) groups is 1. The van der Waals surface area contributed by atoms with E-state index < -0.39 is 23.7 Å². The third kappa shape index (κ3) is 5.98. The monoisotopic (exact) mass is 593 g/mol. The fourth-order valence-electron chi connectivity index (χ4n) is 4.62. The average molecular weight is 594 g/mol. The van der Waals surface area contributed by atoms with Crippen LogP contribution in [0.1, 0.15) is 44.3 Å². The Morgan fingerprint density at radius 1 is 1.05 bits per heavy atom. The number of amides is 1. The standard InChI is InChI=1S/C29H26ClF2N7O3/c1-3-4-5-25(29(41)35-18-7-8-21-22(13-18)34-11-10-33-21)38-16-26(42-2)20(14-27(38)40)19-12-17(30)6-9-24(19)39-15-23(28(31)32)36-37-39/h6-16,25,28H,3-5H2,1-2H3,(H,35,41). The maximum absolute atomic E-state index is 13.6. The number of hydrogen-bond acceptors (Lipinski definition) is 7. The Bertz CT molecular complexity index is 1810. The molecule has 5 rings (SSSR count). The van der Waals surface area contributed by atoms with Gasteiger partial charge in [-0.15, -0.1) is 5.10 Å². The van der Waals surface area contributed by atoms with Crippen molar-refractivity contribution in [3.63, 3.8) is 0 Å². The van der Waals surface area contributed by atoms with Crippen LogP contribution < -0.4 is 15.6 Å². The number of rotatable bonds is 10. The second-order valence-corrected chi connectivity index (χ2v) is 9.89. The Hall–Kier alpha value is -4.71. The largest absolute Gasteiger partial charge is 0.495 e. The minimum Gasteiger partial charge on any atom is -0.495 e. The summed E-state index contributed by atoms with van der Waals surface area (Å²) in [6.07, 6.45) is 4.83. The van der Waals surface area contributed by atoms with Gasteiger partial charge in [0.25, 0.3) is 12.0 Å². The van der Waals surface area contributed by atoms with E-state index in [4.69, 9.17) is 16.3 Å². The summed E-state index contributed by atoms with van der Waals surface area (Å²) in [5.74, 6) is -0.114. The molecule has 0 aliphatic carbocycles. The minimum atomic E-state index is -2.80. The Labute approximate surface area is 243 Å². The van der Waals surface area contributed by atoms with Crippen molar-refractivity contribution in [2.75, 3.05) is 12.4 Å². The van der Waals surface area contributed by atoms with Gasteiger partial charge in [0.15, 0.2) is 0 Å². The first kappa shape index (κ1) is 28.8. The Morgan fingerprint density at radius 2 is 1.83 bits per heavy atom. The number of hydrogen-bond donors (Lipinski definition) is 1. The van der Waals surface area contributed by atoms with Gasteiger partial charge < -0.3 is 10.1 Å². The molecular weight excluding hydrogens is 568 g/mol. The van der Waals surface area contributed by atoms with Crippen LogP contribution in [0.3, 0.4) is 0 Å². The molecule has 3 heterocycles. The van der Waals surface area contributed by atoms with Gasteiger partial charge in [-0.1, -0.05) is 36.6 Å². The van der Waals surface area contributed by atoms with Crippen molar-refractivity contribution in [1.29, 1.82) is 0 Å². The van der Waals surface area contributed by atoms with Gasteiger partial charge in [0.2, 0.25) is 5.91 Å². The Balaban J connectivity index is 1.54. The number of benzene rings is 2. The van der Waals surface area contributed by atoms with Gasteiger partial charge in [0.05, 0.1) is 36.2 Å². The summed E-state index contributed by atoms with van der Waals surface area (Å²) in [6, 6.07) is 10.4. The molecule has 3 aromatic heterocycles. The van der Waals surface area contributed by atoms with Crippen LogP contribution in [0.2, 0.25) is 5.02 Å². The molecule has 1 unspecified atom stereocenters. The van der Waals surface area contributed by atoms with E-state index in [0.29, 0.717) is 51.4 Å². The zero-order chi connectivity index (χ0) is 29.8. The maximum Gasteiger partial charge on any atom is 0.283 e. The number of ether oxygens (including phenoxy) is 1. The van der Waals surface area contributed by atoms with Crippen molar-refractivity contribution < 1.29 is 18.3 Å². The van der Waals surface area contributed by atoms with Gasteiger partial charge in [-0.2, -0.15) is 0 Å². The van der Waals surface area contributed by atoms with Crippen LogP contribution in [0.25, 0.3) is 27.8 Å². The van der Waals surface area contributed by atoms with E-state index in [1.807, 2.05) is 6.92 Å². The van der Waals surface area contributed by atoms with Crippen LogP contribution in [0, 0.1) is 0 Å². The van der Waals surface area contributed by atoms with Gasteiger partial charge in [-0.3, -0.25) is 24.1 Å². The molecule has 0 fully saturated rings. The average Bonchev–Trinajstić information content (AvgIpc) is 3.48. The molecule has 0 aliphatic heterocycles. The van der Waals surface area contributed by atoms with E-state index in [1.165, 1.54) is 28.6 Å². The fraction of sp³-hybridized carbons (Fsp3) is 0.241. The Morgan fingerprint density at radius 3 is 2.55 bits per heavy atom. The first-order valence-corrected chi connectivity index (χ1v) is 13.5. The molecule has 1 atom stereocenters. The molecule has 0 saturated heterocycles. The summed E-state index contributed by atoms with van der Waals surface area (Å²) in [5, 5.41) is 10.6. The number of anilines is 1. The summed E-state index contributed by atoms with van der Waals surface area (Å²) < 4.78 is 34.6. The summed E-state index contributed by atoms with van der Waals surface area (Å²) in [4.78, 5) is 35.7. The number of unbranched alkanes of at least 4 members (excludes halogenated alkanes) is 1. The van der Waals surface area contributed by atoms with Crippen LogP contribution >= 0.6 is 11.6 Å². The summed E-state index contributed by atoms with van der Waals surface area (Å²) in [5.41, 5.74) is 1.96. The van der Waals surface area contributed by atoms with Crippen LogP contribution in [-0.4, -0.2) is 42.5 Å². The van der Waals surface area contributed by atoms with Crippen molar-refractivity contribution in [3.05, 3.63) is 88.3 Å². The first-order chi connectivity index (χ1) is 20.3. The van der Waals surface area contributed by atoms with Crippen molar-refractivity contribution in [2.45, 2.75) is 38.7 Å². The lowest BCUT2D eigenvalue weighted by atomic mass is 10.0. The molecule has 1 amide bonds. The van der Waals surface area contributed by atoms with Gasteiger partial charge in [0, 0.05) is 40.3 Å². The van der Waals surface area contributed by atoms with Crippen molar-refractivity contribution in [1.82, 2.24) is 29.5 Å². The summed E-state index contributed by atoms with van der Waals surface area (Å²) >= 11 is 6.29. The lowest BCUT2D eigenvalue weighted by Gasteiger charge is -2.22. The molecular formula is C29H26ClF2N7O3. The van der Waals surface area contributed by atoms with E-state index in [9.17, 15) is 18.4 Å². The number of alkyl halides is 2. The zero-order valence-corrected chi connectivity index (χ0v) is 23.4. The van der Waals surface area contributed by atoms with Crippen molar-refractivity contribution in [2.24, 2.45) is 0 Å². The molecule has 1 N–H and O–H groups in total. The number of carbonyl (C=O) groups excluding carboxylic acids is 1. The first-order valence-electron chi connectivity index (χ1n) is 13.1. The molecule has 2 aromatic carbocycles. The molecule has 42 heavy (non-hydrogen) atoms. The second kappa shape index (κ2) is 12.4. The second-order valence-electron chi connectivity index (χ2n) is 9.46. The molecule has 0 radical (unpaired) electrons. The zero-order valence-electron chi connectivity index (χ0n) is 22.7. The summed E-state index contributed by atoms with van der Waals surface area (Å²) in [6.45, 7) is 1.99. The Kier molecular flexibility index (Phi) is 8.53. The summed E-state index contributed by atoms with van der Waals surface area (Å²) in [7, 11) is 1.43. The highest BCUT2D eigenvalue weighted by Crippen LogP contribution is 2.36. The van der Waals surface area contributed by atoms with E-state index >= 15 is 0 Å². The SMILES string of the molecule is CCCCC(C(=O)Nc1ccc2nccnc2c1)n1cc(OC)c(-c2cc(Cl)ccc2-n2cc(C(F)F)nn2)cc1=O. The van der Waals surface area contributed by atoms with E-state index in [2.05, 4.69) is 25.6 Å². The number of methoxy groups -OCH3 is 1. The smallest absolute Gasteiger partial charge is 0.283 e. The third-order valence-electron chi connectivity index (χ3n) is 6.70. The molecule has 0 bridgehead atoms. The molecule has 13 heteroatoms. The van der Waals surface area contributed by atoms with Crippen LogP contribution in [0.4, 0.5) is 14.5 Å². The van der Waals surface area contributed by atoms with Crippen molar-refractivity contribution >= 4 is 34.2 Å². The minimum absolute atomic E-state index is 0.266. The van der Waals surface area contributed by atoms with Crippen LogP contribution in [-0.2, 0) is 4.79 Å². The molecule has 0 spiro atoms. The normalized spacial score (nSPS) is 12.0. The van der Waals surface area contributed by atoms with E-state index in [1.54, 1.807) is 48.8 Å². The highest BCUT2D eigenvalue weighted by molar-refractivity contribution is 6.31. The van der Waals surface area contributed by atoms with Crippen molar-refractivity contribution in [3.8, 4) is 22.6 Å². The number of aromatic nitrogens is 6. The maximum atomic E-state index is 13.6. The quantitative estimate of drug-likeness (QED) is 0.211. The predicted molar refractivity (Wildman–Crippen MR) is 154 cm³/mol. The molecule has 5 aromatic rings. The highest BCUT2D eigenvalue weighted by atomic mass is 35.5. The topological polar surface area (TPSA) is 117 Å². The molecule has 0 saturated carbocycles. The number of fused-ring (bicyclic) bond motifs is 1. The van der Waals surface area contributed by atoms with Gasteiger partial charge in [-0.25, -0.2) is 13.5 Å². The van der Waals surface area contributed by atoms with Crippen LogP contribution in [0.15, 0.2) is 72.0 Å². The number of pyridine rings is 1. The molecule has 0 aliphatic rings. The number of nitrogens with one attached hydrogen (secondary N) is 1. The van der Waals surface area contributed by atoms with Gasteiger partial charge in [0.1, 0.15) is 17.5 Å². The van der Waals surface area contributed by atoms with Gasteiger partial charge >= 0.3 is 0 Å². The predicted octanol–water partition coefficient (Wildman–Crippen LogP) is 6.01. The molecule has 216 valence electrons. The lowest BCUT2D eigenvalue weighted by molar-refractivity contribution is -0.119. The fourth-order valence-corrected chi connectivity index (χ4v) is 4.80. The lowest BCUT2D eigenvalue weighted by Crippen LogP contribution is -2.33. The van der Waals surface area contributed by atoms with E-state index in [-0.39, 0.29) is 11.7 Å². The highest BCUT2D eigenvalue weighted by Gasteiger charge is 2.25. The van der Waals surface area contributed by atoms with E-state index in [0.717, 1.165) is 12.6 Å². The third-order valence-corrected chi connectivity index (χ3v) is 6.94. The van der Waals surface area contributed by atoms with Crippen LogP contribution in [0.5, 0.6) is 5.75 Å². The number of halogens is 3. The number of nitrogens with zero attached hydrogens (tertiary/aromatic N) is 6. The molecule has 10 nitrogen and oxygen atoms in total. The van der Waals surface area contributed by atoms with Gasteiger partial charge in [-0.05, 0) is 42.8 Å².